The molecule has 2 rings (SSSR count). The number of aryl methyl sites for hydroxylation is 1. The Morgan fingerprint density at radius 3 is 2.56 bits per heavy atom. The van der Waals surface area contributed by atoms with Crippen LogP contribution in [0.3, 0.4) is 0 Å². The minimum Gasteiger partial charge on any atom is -0.497 e. The number of nitrogens with one attached hydrogen (secondary N) is 1. The van der Waals surface area contributed by atoms with Gasteiger partial charge >= 0.3 is 5.97 Å². The van der Waals surface area contributed by atoms with Crippen molar-refractivity contribution in [2.45, 2.75) is 6.92 Å². The molecule has 0 fully saturated rings. The summed E-state index contributed by atoms with van der Waals surface area (Å²) in [5, 5.41) is 2.67. The van der Waals surface area contributed by atoms with Crippen molar-refractivity contribution in [1.82, 2.24) is 0 Å². The van der Waals surface area contributed by atoms with Crippen LogP contribution in [0, 0.1) is 6.92 Å². The Kier molecular flexibility index (Phi) is 7.43. The predicted octanol–water partition coefficient (Wildman–Crippen LogP) is 3.97. The molecule has 0 spiro atoms. The first-order valence-electron chi connectivity index (χ1n) is 8.06. The number of esters is 1. The van der Waals surface area contributed by atoms with E-state index >= 15 is 0 Å². The Labute approximate surface area is 166 Å². The molecule has 2 aromatic rings. The number of benzene rings is 2. The summed E-state index contributed by atoms with van der Waals surface area (Å²) in [6.45, 7) is 1.53. The van der Waals surface area contributed by atoms with Crippen LogP contribution in [0.5, 0.6) is 11.5 Å². The van der Waals surface area contributed by atoms with E-state index < -0.39 is 11.9 Å². The van der Waals surface area contributed by atoms with Crippen LogP contribution in [0.1, 0.15) is 11.1 Å². The van der Waals surface area contributed by atoms with Gasteiger partial charge in [-0.2, -0.15) is 0 Å². The SMILES string of the molecule is COc1ccc(OC)c(/C=C/C(=O)OCC(=O)Nc2ccc(Br)c(C)c2)c1. The second-order valence-electron chi connectivity index (χ2n) is 5.56. The maximum atomic E-state index is 11.9. The van der Waals surface area contributed by atoms with E-state index in [1.54, 1.807) is 37.5 Å². The van der Waals surface area contributed by atoms with Crippen LogP contribution in [-0.4, -0.2) is 32.7 Å². The number of carbonyl (C=O) groups excluding carboxylic acids is 2. The minimum absolute atomic E-state index is 0.381. The third-order valence-corrected chi connectivity index (χ3v) is 4.51. The Hall–Kier alpha value is -2.80. The summed E-state index contributed by atoms with van der Waals surface area (Å²) in [6.07, 6.45) is 2.77. The number of carbonyl (C=O) groups is 2. The van der Waals surface area contributed by atoms with E-state index in [1.165, 1.54) is 13.2 Å². The molecule has 6 nitrogen and oxygen atoms in total. The Morgan fingerprint density at radius 2 is 1.89 bits per heavy atom. The fourth-order valence-corrected chi connectivity index (χ4v) is 2.48. The molecule has 27 heavy (non-hydrogen) atoms. The number of hydrogen-bond donors (Lipinski definition) is 1. The summed E-state index contributed by atoms with van der Waals surface area (Å²) in [5.41, 5.74) is 2.27. The highest BCUT2D eigenvalue weighted by Gasteiger charge is 2.08. The number of methoxy groups -OCH3 is 2. The highest BCUT2D eigenvalue weighted by atomic mass is 79.9. The minimum atomic E-state index is -0.637. The highest BCUT2D eigenvalue weighted by molar-refractivity contribution is 9.10. The first-order valence-corrected chi connectivity index (χ1v) is 8.85. The lowest BCUT2D eigenvalue weighted by atomic mass is 10.1. The average molecular weight is 434 g/mol. The van der Waals surface area contributed by atoms with E-state index in [1.807, 2.05) is 19.1 Å². The maximum Gasteiger partial charge on any atom is 0.331 e. The largest absolute Gasteiger partial charge is 0.497 e. The van der Waals surface area contributed by atoms with E-state index in [2.05, 4.69) is 21.2 Å². The van der Waals surface area contributed by atoms with Crippen molar-refractivity contribution in [1.29, 1.82) is 0 Å². The van der Waals surface area contributed by atoms with Crippen molar-refractivity contribution >= 4 is 39.6 Å². The zero-order valence-corrected chi connectivity index (χ0v) is 16.8. The first kappa shape index (κ1) is 20.5. The van der Waals surface area contributed by atoms with Crippen LogP contribution in [0.15, 0.2) is 46.9 Å². The summed E-state index contributed by atoms with van der Waals surface area (Å²) < 4.78 is 16.3. The molecule has 0 radical (unpaired) electrons. The van der Waals surface area contributed by atoms with Gasteiger partial charge in [0.15, 0.2) is 6.61 Å². The van der Waals surface area contributed by atoms with Gasteiger partial charge in [0.25, 0.3) is 5.91 Å². The maximum absolute atomic E-state index is 11.9. The lowest BCUT2D eigenvalue weighted by Crippen LogP contribution is -2.20. The van der Waals surface area contributed by atoms with Crippen LogP contribution in [-0.2, 0) is 14.3 Å². The van der Waals surface area contributed by atoms with Gasteiger partial charge in [-0.05, 0) is 55.0 Å². The van der Waals surface area contributed by atoms with E-state index in [-0.39, 0.29) is 6.61 Å². The number of amides is 1. The second kappa shape index (κ2) is 9.78. The molecule has 142 valence electrons. The summed E-state index contributed by atoms with van der Waals surface area (Å²) in [7, 11) is 3.08. The molecule has 0 aliphatic carbocycles. The third-order valence-electron chi connectivity index (χ3n) is 3.62. The molecule has 0 aliphatic rings. The first-order chi connectivity index (χ1) is 12.9. The second-order valence-corrected chi connectivity index (χ2v) is 6.42. The zero-order valence-electron chi connectivity index (χ0n) is 15.2. The lowest BCUT2D eigenvalue weighted by Gasteiger charge is -2.08. The Bertz CT molecular complexity index is 863. The molecule has 0 bridgehead atoms. The molecule has 1 N–H and O–H groups in total. The van der Waals surface area contributed by atoms with Crippen LogP contribution in [0.2, 0.25) is 0 Å². The third kappa shape index (κ3) is 6.14. The fraction of sp³-hybridized carbons (Fsp3) is 0.200. The molecule has 0 atom stereocenters. The van der Waals surface area contributed by atoms with Gasteiger partial charge in [0.2, 0.25) is 0 Å². The summed E-state index contributed by atoms with van der Waals surface area (Å²) in [4.78, 5) is 23.8. The fourth-order valence-electron chi connectivity index (χ4n) is 2.23. The molecule has 0 unspecified atom stereocenters. The van der Waals surface area contributed by atoms with Gasteiger partial charge in [-0.3, -0.25) is 4.79 Å². The molecule has 0 heterocycles. The number of anilines is 1. The normalized spacial score (nSPS) is 10.5. The van der Waals surface area contributed by atoms with Crippen LogP contribution < -0.4 is 14.8 Å². The van der Waals surface area contributed by atoms with Gasteiger partial charge < -0.3 is 19.5 Å². The molecule has 0 aliphatic heterocycles. The molecule has 1 amide bonds. The van der Waals surface area contributed by atoms with E-state index in [0.717, 1.165) is 10.0 Å². The van der Waals surface area contributed by atoms with Crippen molar-refractivity contribution in [3.8, 4) is 11.5 Å². The molecule has 0 aromatic heterocycles. The number of hydrogen-bond acceptors (Lipinski definition) is 5. The zero-order chi connectivity index (χ0) is 19.8. The number of rotatable bonds is 7. The quantitative estimate of drug-likeness (QED) is 0.528. The molecular weight excluding hydrogens is 414 g/mol. The van der Waals surface area contributed by atoms with Crippen molar-refractivity contribution < 1.29 is 23.8 Å². The van der Waals surface area contributed by atoms with Crippen LogP contribution >= 0.6 is 15.9 Å². The van der Waals surface area contributed by atoms with E-state index in [0.29, 0.717) is 22.7 Å². The van der Waals surface area contributed by atoms with Gasteiger partial charge in [0, 0.05) is 21.8 Å². The molecule has 7 heteroatoms. The monoisotopic (exact) mass is 433 g/mol. The average Bonchev–Trinajstić information content (AvgIpc) is 2.67. The van der Waals surface area contributed by atoms with Crippen molar-refractivity contribution in [2.75, 3.05) is 26.1 Å². The smallest absolute Gasteiger partial charge is 0.331 e. The van der Waals surface area contributed by atoms with E-state index in [9.17, 15) is 9.59 Å². The molecule has 0 saturated heterocycles. The molecule has 0 saturated carbocycles. The van der Waals surface area contributed by atoms with Gasteiger partial charge in [0.05, 0.1) is 14.2 Å². The standard InChI is InChI=1S/C20H20BrNO5/c1-13-10-15(5-7-17(13)21)22-19(23)12-27-20(24)9-4-14-11-16(25-2)6-8-18(14)26-3/h4-11H,12H2,1-3H3,(H,22,23)/b9-4+. The van der Waals surface area contributed by atoms with Crippen molar-refractivity contribution in [3.05, 3.63) is 58.1 Å². The highest BCUT2D eigenvalue weighted by Crippen LogP contribution is 2.25. The Morgan fingerprint density at radius 1 is 1.11 bits per heavy atom. The van der Waals surface area contributed by atoms with Crippen LogP contribution in [0.25, 0.3) is 6.08 Å². The van der Waals surface area contributed by atoms with Crippen molar-refractivity contribution in [3.63, 3.8) is 0 Å². The summed E-state index contributed by atoms with van der Waals surface area (Å²) in [5.74, 6) is 0.163. The topological polar surface area (TPSA) is 73.9 Å². The predicted molar refractivity (Wildman–Crippen MR) is 107 cm³/mol. The number of ether oxygens (including phenoxy) is 3. The Balaban J connectivity index is 1.91. The van der Waals surface area contributed by atoms with Gasteiger partial charge in [-0.15, -0.1) is 0 Å². The van der Waals surface area contributed by atoms with E-state index in [4.69, 9.17) is 14.2 Å². The summed E-state index contributed by atoms with van der Waals surface area (Å²) in [6, 6.07) is 10.6. The number of halogens is 1. The molecule has 2 aromatic carbocycles. The van der Waals surface area contributed by atoms with Gasteiger partial charge in [-0.1, -0.05) is 15.9 Å². The molecular formula is C20H20BrNO5. The van der Waals surface area contributed by atoms with Crippen molar-refractivity contribution in [2.24, 2.45) is 0 Å². The van der Waals surface area contributed by atoms with Gasteiger partial charge in [-0.25, -0.2) is 4.79 Å². The lowest BCUT2D eigenvalue weighted by molar-refractivity contribution is -0.142. The van der Waals surface area contributed by atoms with Gasteiger partial charge in [0.1, 0.15) is 11.5 Å². The summed E-state index contributed by atoms with van der Waals surface area (Å²) >= 11 is 3.39. The van der Waals surface area contributed by atoms with Crippen LogP contribution in [0.4, 0.5) is 5.69 Å².